The van der Waals surface area contributed by atoms with Crippen LogP contribution in [0.25, 0.3) is 0 Å². The summed E-state index contributed by atoms with van der Waals surface area (Å²) in [4.78, 5) is 31.5. The lowest BCUT2D eigenvalue weighted by Gasteiger charge is -2.09. The van der Waals surface area contributed by atoms with E-state index in [0.29, 0.717) is 22.9 Å². The molecule has 0 atom stereocenters. The van der Waals surface area contributed by atoms with Crippen molar-refractivity contribution in [1.29, 1.82) is 0 Å². The maximum absolute atomic E-state index is 13.2. The van der Waals surface area contributed by atoms with Crippen molar-refractivity contribution in [3.05, 3.63) is 72.4 Å². The molecule has 0 saturated heterocycles. The van der Waals surface area contributed by atoms with Crippen LogP contribution >= 0.6 is 0 Å². The van der Waals surface area contributed by atoms with Crippen LogP contribution in [0.3, 0.4) is 0 Å². The summed E-state index contributed by atoms with van der Waals surface area (Å²) < 4.78 is 13.2. The predicted octanol–water partition coefficient (Wildman–Crippen LogP) is 3.57. The summed E-state index contributed by atoms with van der Waals surface area (Å²) in [5, 5.41) is 8.31. The molecule has 0 aliphatic rings. The number of aromatic nitrogens is 2. The van der Waals surface area contributed by atoms with Crippen molar-refractivity contribution >= 4 is 34.7 Å². The average molecular weight is 365 g/mol. The second kappa shape index (κ2) is 8.05. The normalized spacial score (nSPS) is 10.1. The fourth-order valence-electron chi connectivity index (χ4n) is 2.34. The molecule has 0 aliphatic carbocycles. The molecule has 0 aliphatic heterocycles. The summed E-state index contributed by atoms with van der Waals surface area (Å²) in [5.41, 5.74) is 1.76. The SMILES string of the molecule is CC(=O)Nc1cccc(Nc2cc(C(=O)Nc3cccc(F)c3)ncn2)c1. The van der Waals surface area contributed by atoms with Crippen LogP contribution in [0.2, 0.25) is 0 Å². The van der Waals surface area contributed by atoms with Crippen molar-refractivity contribution in [3.63, 3.8) is 0 Å². The van der Waals surface area contributed by atoms with Gasteiger partial charge >= 0.3 is 0 Å². The second-order valence-corrected chi connectivity index (χ2v) is 5.64. The van der Waals surface area contributed by atoms with Crippen molar-refractivity contribution in [2.24, 2.45) is 0 Å². The predicted molar refractivity (Wildman–Crippen MR) is 100 cm³/mol. The lowest BCUT2D eigenvalue weighted by atomic mass is 10.2. The Morgan fingerprint density at radius 3 is 2.33 bits per heavy atom. The molecule has 3 rings (SSSR count). The van der Waals surface area contributed by atoms with Crippen molar-refractivity contribution in [2.75, 3.05) is 16.0 Å². The Balaban J connectivity index is 1.73. The van der Waals surface area contributed by atoms with Crippen LogP contribution in [0.15, 0.2) is 60.9 Å². The van der Waals surface area contributed by atoms with Crippen molar-refractivity contribution in [1.82, 2.24) is 9.97 Å². The van der Waals surface area contributed by atoms with Gasteiger partial charge in [0.1, 0.15) is 23.7 Å². The third-order valence-corrected chi connectivity index (χ3v) is 3.44. The zero-order valence-corrected chi connectivity index (χ0v) is 14.4. The first-order chi connectivity index (χ1) is 13.0. The van der Waals surface area contributed by atoms with Crippen LogP contribution in [0.4, 0.5) is 27.3 Å². The van der Waals surface area contributed by atoms with Gasteiger partial charge in [0, 0.05) is 30.1 Å². The molecule has 2 amide bonds. The molecule has 1 aromatic heterocycles. The van der Waals surface area contributed by atoms with Gasteiger partial charge in [-0.1, -0.05) is 12.1 Å². The number of benzene rings is 2. The molecule has 136 valence electrons. The summed E-state index contributed by atoms with van der Waals surface area (Å²) in [6.45, 7) is 1.42. The highest BCUT2D eigenvalue weighted by Gasteiger charge is 2.10. The summed E-state index contributed by atoms with van der Waals surface area (Å²) in [5.74, 6) is -0.713. The van der Waals surface area contributed by atoms with E-state index in [1.165, 1.54) is 37.5 Å². The average Bonchev–Trinajstić information content (AvgIpc) is 2.62. The molecule has 0 radical (unpaired) electrons. The zero-order valence-electron chi connectivity index (χ0n) is 14.4. The molecule has 0 saturated carbocycles. The van der Waals surface area contributed by atoms with Crippen LogP contribution in [0, 0.1) is 5.82 Å². The fourth-order valence-corrected chi connectivity index (χ4v) is 2.34. The van der Waals surface area contributed by atoms with Crippen LogP contribution in [-0.4, -0.2) is 21.8 Å². The lowest BCUT2D eigenvalue weighted by molar-refractivity contribution is -0.114. The highest BCUT2D eigenvalue weighted by Crippen LogP contribution is 2.19. The second-order valence-electron chi connectivity index (χ2n) is 5.64. The van der Waals surface area contributed by atoms with Gasteiger partial charge in [0.15, 0.2) is 0 Å². The minimum absolute atomic E-state index is 0.120. The number of rotatable bonds is 5. The van der Waals surface area contributed by atoms with Gasteiger partial charge in [0.05, 0.1) is 0 Å². The monoisotopic (exact) mass is 365 g/mol. The van der Waals surface area contributed by atoms with Gasteiger partial charge in [-0.25, -0.2) is 14.4 Å². The molecule has 3 aromatic rings. The Bertz CT molecular complexity index is 993. The molecule has 0 unspecified atom stereocenters. The zero-order chi connectivity index (χ0) is 19.2. The molecule has 0 spiro atoms. The van der Waals surface area contributed by atoms with E-state index in [0.717, 1.165) is 0 Å². The van der Waals surface area contributed by atoms with E-state index in [9.17, 15) is 14.0 Å². The number of nitrogens with one attached hydrogen (secondary N) is 3. The number of nitrogens with zero attached hydrogens (tertiary/aromatic N) is 2. The molecule has 3 N–H and O–H groups in total. The highest BCUT2D eigenvalue weighted by molar-refractivity contribution is 6.03. The lowest BCUT2D eigenvalue weighted by Crippen LogP contribution is -2.14. The first kappa shape index (κ1) is 18.0. The number of anilines is 4. The van der Waals surface area contributed by atoms with Crippen molar-refractivity contribution in [3.8, 4) is 0 Å². The first-order valence-corrected chi connectivity index (χ1v) is 8.03. The molecule has 7 nitrogen and oxygen atoms in total. The minimum Gasteiger partial charge on any atom is -0.340 e. The topological polar surface area (TPSA) is 96.0 Å². The number of hydrogen-bond acceptors (Lipinski definition) is 5. The Morgan fingerprint density at radius 1 is 0.889 bits per heavy atom. The fraction of sp³-hybridized carbons (Fsp3) is 0.0526. The molecular formula is C19H16FN5O2. The van der Waals surface area contributed by atoms with E-state index in [-0.39, 0.29) is 11.6 Å². The van der Waals surface area contributed by atoms with Crippen molar-refractivity contribution in [2.45, 2.75) is 6.92 Å². The quantitative estimate of drug-likeness (QED) is 0.642. The van der Waals surface area contributed by atoms with E-state index in [1.54, 1.807) is 30.3 Å². The van der Waals surface area contributed by atoms with E-state index in [4.69, 9.17) is 0 Å². The number of carbonyl (C=O) groups excluding carboxylic acids is 2. The molecule has 0 fully saturated rings. The van der Waals surface area contributed by atoms with Gasteiger partial charge in [-0.05, 0) is 36.4 Å². The third kappa shape index (κ3) is 5.08. The van der Waals surface area contributed by atoms with Gasteiger partial charge in [-0.2, -0.15) is 0 Å². The van der Waals surface area contributed by atoms with Crippen molar-refractivity contribution < 1.29 is 14.0 Å². The van der Waals surface area contributed by atoms with Gasteiger partial charge in [0.25, 0.3) is 5.91 Å². The smallest absolute Gasteiger partial charge is 0.274 e. The van der Waals surface area contributed by atoms with Crippen LogP contribution < -0.4 is 16.0 Å². The Morgan fingerprint density at radius 2 is 1.59 bits per heavy atom. The third-order valence-electron chi connectivity index (χ3n) is 3.44. The van der Waals surface area contributed by atoms with Gasteiger partial charge in [-0.15, -0.1) is 0 Å². The number of hydrogen-bond donors (Lipinski definition) is 3. The summed E-state index contributed by atoms with van der Waals surface area (Å²) in [6, 6.07) is 14.1. The van der Waals surface area contributed by atoms with E-state index in [2.05, 4.69) is 25.9 Å². The summed E-state index contributed by atoms with van der Waals surface area (Å²) in [7, 11) is 0. The van der Waals surface area contributed by atoms with Gasteiger partial charge in [0.2, 0.25) is 5.91 Å². The standard InChI is InChI=1S/C19H16FN5O2/c1-12(26)23-15-6-3-7-16(9-15)24-18-10-17(21-11-22-18)19(27)25-14-5-2-4-13(20)8-14/h2-11H,1H3,(H,23,26)(H,25,27)(H,21,22,24). The summed E-state index contributed by atoms with van der Waals surface area (Å²) in [6.07, 6.45) is 1.25. The van der Waals surface area contributed by atoms with E-state index in [1.807, 2.05) is 0 Å². The first-order valence-electron chi connectivity index (χ1n) is 8.03. The Labute approximate surface area is 154 Å². The number of halogens is 1. The van der Waals surface area contributed by atoms with E-state index < -0.39 is 11.7 Å². The molecular weight excluding hydrogens is 349 g/mol. The maximum Gasteiger partial charge on any atom is 0.274 e. The van der Waals surface area contributed by atoms with Crippen LogP contribution in [0.1, 0.15) is 17.4 Å². The highest BCUT2D eigenvalue weighted by atomic mass is 19.1. The van der Waals surface area contributed by atoms with E-state index >= 15 is 0 Å². The maximum atomic E-state index is 13.2. The Kier molecular flexibility index (Phi) is 5.36. The number of carbonyl (C=O) groups is 2. The molecule has 0 bridgehead atoms. The molecule has 2 aromatic carbocycles. The minimum atomic E-state index is -0.488. The summed E-state index contributed by atoms with van der Waals surface area (Å²) >= 11 is 0. The number of amides is 2. The Hall–Kier alpha value is -3.81. The molecule has 27 heavy (non-hydrogen) atoms. The van der Waals surface area contributed by atoms with Gasteiger partial charge in [-0.3, -0.25) is 9.59 Å². The van der Waals surface area contributed by atoms with Gasteiger partial charge < -0.3 is 16.0 Å². The largest absolute Gasteiger partial charge is 0.340 e. The van der Waals surface area contributed by atoms with Crippen LogP contribution in [0.5, 0.6) is 0 Å². The van der Waals surface area contributed by atoms with Crippen LogP contribution in [-0.2, 0) is 4.79 Å². The molecule has 1 heterocycles. The molecule has 8 heteroatoms.